The Hall–Kier alpha value is -0.780. The molecule has 1 atom stereocenters. The molecule has 0 fully saturated rings. The van der Waals surface area contributed by atoms with Crippen LogP contribution in [-0.4, -0.2) is 17.2 Å². The fraction of sp³-hybridized carbons (Fsp3) is 0.364. The molecular weight excluding hydrogens is 307 g/mol. The van der Waals surface area contributed by atoms with Crippen molar-refractivity contribution in [3.8, 4) is 5.75 Å². The van der Waals surface area contributed by atoms with Crippen molar-refractivity contribution in [2.75, 3.05) is 0 Å². The summed E-state index contributed by atoms with van der Waals surface area (Å²) in [6.45, 7) is 4.03. The zero-order chi connectivity index (χ0) is 11.4. The number of benzene rings is 1. The summed E-state index contributed by atoms with van der Waals surface area (Å²) in [5, 5.41) is 8.78. The number of hydrogen-bond donors (Lipinski definition) is 1. The van der Waals surface area contributed by atoms with E-state index in [4.69, 9.17) is 9.84 Å². The predicted octanol–water partition coefficient (Wildman–Crippen LogP) is 3.17. The van der Waals surface area contributed by atoms with Crippen molar-refractivity contribution < 1.29 is 14.6 Å². The highest BCUT2D eigenvalue weighted by Crippen LogP contribution is 2.23. The fourth-order valence-corrected chi connectivity index (χ4v) is 1.67. The second-order valence-electron chi connectivity index (χ2n) is 3.29. The Balaban J connectivity index is 2.88. The van der Waals surface area contributed by atoms with Gasteiger partial charge in [-0.25, -0.2) is 4.79 Å². The van der Waals surface area contributed by atoms with Crippen molar-refractivity contribution >= 4 is 28.6 Å². The first-order valence-electron chi connectivity index (χ1n) is 4.74. The molecule has 1 N–H and O–H groups in total. The second kappa shape index (κ2) is 5.34. The minimum absolute atomic E-state index is 0.147. The molecule has 1 rings (SSSR count). The molecule has 0 aromatic heterocycles. The van der Waals surface area contributed by atoms with Crippen LogP contribution < -0.4 is 4.74 Å². The van der Waals surface area contributed by atoms with Gasteiger partial charge in [-0.05, 0) is 54.1 Å². The summed E-state index contributed by atoms with van der Waals surface area (Å²) in [4.78, 5) is 10.7. The van der Waals surface area contributed by atoms with Crippen molar-refractivity contribution in [3.63, 3.8) is 0 Å². The smallest absolute Gasteiger partial charge is 0.335 e. The highest BCUT2D eigenvalue weighted by Gasteiger charge is 2.09. The summed E-state index contributed by atoms with van der Waals surface area (Å²) in [7, 11) is 0. The Bertz CT molecular complexity index is 363. The highest BCUT2D eigenvalue weighted by atomic mass is 127. The quantitative estimate of drug-likeness (QED) is 0.867. The van der Waals surface area contributed by atoms with Crippen molar-refractivity contribution in [1.29, 1.82) is 0 Å². The molecule has 0 radical (unpaired) electrons. The third-order valence-corrected chi connectivity index (χ3v) is 2.92. The van der Waals surface area contributed by atoms with Crippen LogP contribution in [0.15, 0.2) is 18.2 Å². The van der Waals surface area contributed by atoms with Gasteiger partial charge in [-0.3, -0.25) is 0 Å². The molecule has 1 aromatic rings. The number of halogens is 1. The first-order chi connectivity index (χ1) is 7.04. The van der Waals surface area contributed by atoms with Gasteiger partial charge >= 0.3 is 5.97 Å². The van der Waals surface area contributed by atoms with Crippen LogP contribution in [0.2, 0.25) is 0 Å². The van der Waals surface area contributed by atoms with E-state index in [9.17, 15) is 4.79 Å². The van der Waals surface area contributed by atoms with Gasteiger partial charge < -0.3 is 9.84 Å². The van der Waals surface area contributed by atoms with Crippen LogP contribution in [0.25, 0.3) is 0 Å². The Labute approximate surface area is 103 Å². The zero-order valence-corrected chi connectivity index (χ0v) is 10.8. The van der Waals surface area contributed by atoms with Gasteiger partial charge in [0.15, 0.2) is 0 Å². The molecule has 0 aliphatic rings. The third-order valence-electron chi connectivity index (χ3n) is 2.08. The van der Waals surface area contributed by atoms with Crippen molar-refractivity contribution in [2.45, 2.75) is 26.4 Å². The minimum Gasteiger partial charge on any atom is -0.490 e. The molecule has 0 aliphatic heterocycles. The Morgan fingerprint density at radius 1 is 1.60 bits per heavy atom. The number of ether oxygens (including phenoxy) is 1. The average Bonchev–Trinajstić information content (AvgIpc) is 2.20. The van der Waals surface area contributed by atoms with Crippen LogP contribution >= 0.6 is 22.6 Å². The van der Waals surface area contributed by atoms with Crippen molar-refractivity contribution in [2.24, 2.45) is 0 Å². The summed E-state index contributed by atoms with van der Waals surface area (Å²) in [5.41, 5.74) is 0.288. The molecule has 0 amide bonds. The lowest BCUT2D eigenvalue weighted by atomic mass is 10.2. The van der Waals surface area contributed by atoms with E-state index in [0.717, 1.165) is 15.7 Å². The maximum atomic E-state index is 10.7. The maximum Gasteiger partial charge on any atom is 0.335 e. The molecule has 0 spiro atoms. The van der Waals surface area contributed by atoms with Gasteiger partial charge in [-0.1, -0.05) is 6.92 Å². The van der Waals surface area contributed by atoms with E-state index >= 15 is 0 Å². The SMILES string of the molecule is CCC(C)Oc1ccc(C(=O)O)cc1I. The average molecular weight is 320 g/mol. The zero-order valence-electron chi connectivity index (χ0n) is 8.66. The summed E-state index contributed by atoms with van der Waals surface area (Å²) < 4.78 is 6.46. The number of carboxylic acids is 1. The van der Waals surface area contributed by atoms with Crippen LogP contribution in [0.1, 0.15) is 30.6 Å². The van der Waals surface area contributed by atoms with E-state index < -0.39 is 5.97 Å². The van der Waals surface area contributed by atoms with E-state index in [2.05, 4.69) is 22.6 Å². The molecule has 0 heterocycles. The lowest BCUT2D eigenvalue weighted by Gasteiger charge is -2.14. The normalized spacial score (nSPS) is 12.2. The van der Waals surface area contributed by atoms with Gasteiger partial charge in [0.1, 0.15) is 5.75 Å². The van der Waals surface area contributed by atoms with Crippen LogP contribution in [0, 0.1) is 3.57 Å². The lowest BCUT2D eigenvalue weighted by Crippen LogP contribution is -2.11. The Morgan fingerprint density at radius 2 is 2.27 bits per heavy atom. The monoisotopic (exact) mass is 320 g/mol. The molecule has 3 nitrogen and oxygen atoms in total. The van der Waals surface area contributed by atoms with Gasteiger partial charge in [0.25, 0.3) is 0 Å². The molecule has 0 saturated heterocycles. The summed E-state index contributed by atoms with van der Waals surface area (Å²) in [6, 6.07) is 4.88. The topological polar surface area (TPSA) is 46.5 Å². The van der Waals surface area contributed by atoms with Gasteiger partial charge in [-0.2, -0.15) is 0 Å². The number of carboxylic acid groups (broad SMARTS) is 1. The van der Waals surface area contributed by atoms with E-state index in [0.29, 0.717) is 0 Å². The first-order valence-corrected chi connectivity index (χ1v) is 5.82. The standard InChI is InChI=1S/C11H13IO3/c1-3-7(2)15-10-5-4-8(11(13)14)6-9(10)12/h4-7H,3H2,1-2H3,(H,13,14). The number of hydrogen-bond acceptors (Lipinski definition) is 2. The van der Waals surface area contributed by atoms with Crippen LogP contribution in [0.3, 0.4) is 0 Å². The second-order valence-corrected chi connectivity index (χ2v) is 4.45. The highest BCUT2D eigenvalue weighted by molar-refractivity contribution is 14.1. The summed E-state index contributed by atoms with van der Waals surface area (Å²) >= 11 is 2.08. The molecule has 82 valence electrons. The number of carbonyl (C=O) groups is 1. The van der Waals surface area contributed by atoms with Gasteiger partial charge in [0, 0.05) is 0 Å². The fourth-order valence-electron chi connectivity index (χ4n) is 1.03. The van der Waals surface area contributed by atoms with Crippen molar-refractivity contribution in [3.05, 3.63) is 27.3 Å². The van der Waals surface area contributed by atoms with Gasteiger partial charge in [-0.15, -0.1) is 0 Å². The summed E-state index contributed by atoms with van der Waals surface area (Å²) in [5.74, 6) is -0.169. The minimum atomic E-state index is -0.914. The Morgan fingerprint density at radius 3 is 2.73 bits per heavy atom. The molecule has 1 aromatic carbocycles. The Kier molecular flexibility index (Phi) is 4.38. The maximum absolute atomic E-state index is 10.7. The summed E-state index contributed by atoms with van der Waals surface area (Å²) in [6.07, 6.45) is 1.07. The predicted molar refractivity (Wildman–Crippen MR) is 66.5 cm³/mol. The van der Waals surface area contributed by atoms with E-state index in [1.54, 1.807) is 18.2 Å². The lowest BCUT2D eigenvalue weighted by molar-refractivity contribution is 0.0696. The largest absolute Gasteiger partial charge is 0.490 e. The van der Waals surface area contributed by atoms with E-state index in [1.165, 1.54) is 0 Å². The van der Waals surface area contributed by atoms with E-state index in [1.807, 2.05) is 13.8 Å². The van der Waals surface area contributed by atoms with E-state index in [-0.39, 0.29) is 11.7 Å². The molecule has 0 aliphatic carbocycles. The van der Waals surface area contributed by atoms with Crippen LogP contribution in [0.4, 0.5) is 0 Å². The van der Waals surface area contributed by atoms with Gasteiger partial charge in [0.2, 0.25) is 0 Å². The number of aromatic carboxylic acids is 1. The van der Waals surface area contributed by atoms with Crippen LogP contribution in [0.5, 0.6) is 5.75 Å². The molecule has 15 heavy (non-hydrogen) atoms. The van der Waals surface area contributed by atoms with Crippen LogP contribution in [-0.2, 0) is 0 Å². The molecule has 0 saturated carbocycles. The van der Waals surface area contributed by atoms with Gasteiger partial charge in [0.05, 0.1) is 15.2 Å². The molecule has 1 unspecified atom stereocenters. The first kappa shape index (κ1) is 12.3. The molecular formula is C11H13IO3. The number of rotatable bonds is 4. The molecule has 4 heteroatoms. The molecule has 0 bridgehead atoms. The third kappa shape index (κ3) is 3.37. The van der Waals surface area contributed by atoms with Crippen molar-refractivity contribution in [1.82, 2.24) is 0 Å².